The zero-order chi connectivity index (χ0) is 40.5. The number of phenolic OH excluding ortho intramolecular Hbond substituents is 1. The summed E-state index contributed by atoms with van der Waals surface area (Å²) in [6, 6.07) is 52.3. The Balaban J connectivity index is 0.00000567. The number of benzene rings is 5. The first-order valence-electron chi connectivity index (χ1n) is 19.9. The summed E-state index contributed by atoms with van der Waals surface area (Å²) in [5, 5.41) is 11.1. The second kappa shape index (κ2) is 16.9. The molecular weight excluding hydrogens is 890 g/mol. The van der Waals surface area contributed by atoms with Crippen LogP contribution in [0.2, 0.25) is 0 Å². The number of nitrogens with zero attached hydrogens (tertiary/aromatic N) is 3. The van der Waals surface area contributed by atoms with Gasteiger partial charge in [0.25, 0.3) is 0 Å². The number of anilines is 3. The Morgan fingerprint density at radius 3 is 1.79 bits per heavy atom. The third-order valence-corrected chi connectivity index (χ3v) is 10.5. The Bertz CT molecular complexity index is 2480. The summed E-state index contributed by atoms with van der Waals surface area (Å²) in [4.78, 5) is 12.5. The van der Waals surface area contributed by atoms with Gasteiger partial charge in [0.1, 0.15) is 11.6 Å². The zero-order valence-corrected chi connectivity index (χ0v) is 37.4. The molecule has 7 aromatic rings. The number of hydrogen-bond donors (Lipinski definition) is 1. The van der Waals surface area contributed by atoms with Crippen molar-refractivity contribution in [1.82, 2.24) is 9.97 Å². The fourth-order valence-electron chi connectivity index (χ4n) is 7.09. The molecule has 0 bridgehead atoms. The topological polar surface area (TPSA) is 49.3 Å². The number of aromatic hydroxyl groups is 1. The summed E-state index contributed by atoms with van der Waals surface area (Å²) in [6.45, 7) is 20.4. The van der Waals surface area contributed by atoms with Crippen molar-refractivity contribution < 1.29 is 26.2 Å². The van der Waals surface area contributed by atoms with Crippen LogP contribution in [0.1, 0.15) is 90.1 Å². The summed E-state index contributed by atoms with van der Waals surface area (Å²) >= 11 is 0. The van der Waals surface area contributed by atoms with Crippen LogP contribution in [0.5, 0.6) is 5.75 Å². The van der Waals surface area contributed by atoms with E-state index in [1.54, 1.807) is 6.07 Å². The number of hydrogen-bond acceptors (Lipinski definition) is 4. The molecule has 0 saturated heterocycles. The predicted molar refractivity (Wildman–Crippen MR) is 239 cm³/mol. The van der Waals surface area contributed by atoms with Crippen LogP contribution in [0.4, 0.5) is 17.2 Å². The quantitative estimate of drug-likeness (QED) is 0.154. The first-order chi connectivity index (χ1) is 27.0. The van der Waals surface area contributed by atoms with Gasteiger partial charge in [0.2, 0.25) is 0 Å². The fourth-order valence-corrected chi connectivity index (χ4v) is 7.09. The van der Waals surface area contributed by atoms with Crippen molar-refractivity contribution in [3.05, 3.63) is 180 Å². The van der Waals surface area contributed by atoms with Crippen LogP contribution in [0, 0.1) is 6.07 Å². The van der Waals surface area contributed by atoms with E-state index in [-0.39, 0.29) is 43.1 Å². The van der Waals surface area contributed by atoms with Gasteiger partial charge in [0.05, 0.1) is 5.69 Å². The molecule has 0 aliphatic carbocycles. The number of rotatable bonds is 8. The molecule has 4 nitrogen and oxygen atoms in total. The van der Waals surface area contributed by atoms with Crippen molar-refractivity contribution in [2.45, 2.75) is 85.0 Å². The first-order valence-corrected chi connectivity index (χ1v) is 19.9. The summed E-state index contributed by atoms with van der Waals surface area (Å²) in [7, 11) is 0. The van der Waals surface area contributed by atoms with Gasteiger partial charge in [-0.1, -0.05) is 147 Å². The van der Waals surface area contributed by atoms with Gasteiger partial charge >= 0.3 is 0 Å². The molecule has 0 atom stereocenters. The maximum atomic E-state index is 11.1. The second-order valence-corrected chi connectivity index (χ2v) is 18.2. The molecule has 0 aliphatic rings. The van der Waals surface area contributed by atoms with E-state index in [4.69, 9.17) is 9.97 Å². The maximum Gasteiger partial charge on any atom is 0.136 e. The van der Waals surface area contributed by atoms with E-state index in [1.807, 2.05) is 36.5 Å². The Kier molecular flexibility index (Phi) is 12.3. The van der Waals surface area contributed by atoms with Crippen LogP contribution >= 0.6 is 0 Å². The van der Waals surface area contributed by atoms with E-state index >= 15 is 0 Å². The Labute approximate surface area is 360 Å². The SMILES string of the molecule is CC(C)(C)c1cc(-c2cc(-c3cccc(Cc4ccccc4)c3)cc(-c3ccccc3O)n2)[c-]c(N(c2cc(C(C)(C)C)cc(C(C)(C)C)c2)c2ccccn2)c1.[Pt]. The molecule has 0 saturated carbocycles. The molecule has 5 aromatic carbocycles. The van der Waals surface area contributed by atoms with E-state index in [0.717, 1.165) is 51.6 Å². The third-order valence-electron chi connectivity index (χ3n) is 10.5. The van der Waals surface area contributed by atoms with Gasteiger partial charge in [0, 0.05) is 38.5 Å². The van der Waals surface area contributed by atoms with E-state index in [2.05, 4.69) is 176 Å². The molecular formula is C53H54N3OPt-. The van der Waals surface area contributed by atoms with Crippen molar-refractivity contribution in [3.8, 4) is 39.4 Å². The Morgan fingerprint density at radius 1 is 0.552 bits per heavy atom. The van der Waals surface area contributed by atoms with Gasteiger partial charge in [-0.25, -0.2) is 4.98 Å². The molecule has 7 rings (SSSR count). The molecule has 0 amide bonds. The van der Waals surface area contributed by atoms with Gasteiger partial charge in [-0.3, -0.25) is 4.98 Å². The molecule has 58 heavy (non-hydrogen) atoms. The average molecular weight is 944 g/mol. The fraction of sp³-hybridized carbons (Fsp3) is 0.245. The second-order valence-electron chi connectivity index (χ2n) is 18.2. The normalized spacial score (nSPS) is 11.9. The minimum Gasteiger partial charge on any atom is -0.507 e. The predicted octanol–water partition coefficient (Wildman–Crippen LogP) is 13.9. The molecule has 2 heterocycles. The smallest absolute Gasteiger partial charge is 0.136 e. The van der Waals surface area contributed by atoms with E-state index in [0.29, 0.717) is 11.3 Å². The van der Waals surface area contributed by atoms with Crippen LogP contribution in [0.25, 0.3) is 33.6 Å². The molecule has 0 aliphatic heterocycles. The number of pyridine rings is 2. The van der Waals surface area contributed by atoms with Gasteiger partial charge in [-0.05, 0) is 110 Å². The molecule has 1 N–H and O–H groups in total. The molecule has 0 radical (unpaired) electrons. The third kappa shape index (κ3) is 9.68. The minimum atomic E-state index is -0.192. The van der Waals surface area contributed by atoms with E-state index < -0.39 is 0 Å². The summed E-state index contributed by atoms with van der Waals surface area (Å²) in [5.41, 5.74) is 12.8. The van der Waals surface area contributed by atoms with Crippen LogP contribution in [-0.2, 0) is 43.7 Å². The zero-order valence-electron chi connectivity index (χ0n) is 35.2. The van der Waals surface area contributed by atoms with E-state index in [1.165, 1.54) is 22.3 Å². The average Bonchev–Trinajstić information content (AvgIpc) is 3.18. The van der Waals surface area contributed by atoms with Crippen molar-refractivity contribution in [2.75, 3.05) is 4.90 Å². The first kappa shape index (κ1) is 42.3. The van der Waals surface area contributed by atoms with Crippen molar-refractivity contribution in [2.24, 2.45) is 0 Å². The van der Waals surface area contributed by atoms with Gasteiger partial charge in [-0.15, -0.1) is 29.3 Å². The van der Waals surface area contributed by atoms with E-state index in [9.17, 15) is 5.11 Å². The largest absolute Gasteiger partial charge is 0.507 e. The van der Waals surface area contributed by atoms with Crippen molar-refractivity contribution >= 4 is 17.2 Å². The van der Waals surface area contributed by atoms with Crippen LogP contribution in [0.3, 0.4) is 0 Å². The molecule has 298 valence electrons. The standard InChI is InChI=1S/C53H54N3O.Pt/c1-51(2,3)41-28-40(29-44(33-41)56(50-24-15-16-25-54-50)45-34-42(52(4,5)6)32-43(35-45)53(7,8)9)47-30-39(31-48(55-47)46-22-13-14-23-49(46)57)38-21-17-20-37(27-38)26-36-18-11-10-12-19-36;/h10-25,27-28,30-35,57H,26H2,1-9H3;/q-1;. The van der Waals surface area contributed by atoms with Crippen LogP contribution in [0.15, 0.2) is 146 Å². The van der Waals surface area contributed by atoms with Crippen molar-refractivity contribution in [3.63, 3.8) is 0 Å². The summed E-state index contributed by atoms with van der Waals surface area (Å²) in [5.74, 6) is 0.997. The Hall–Kier alpha value is -5.31. The van der Waals surface area contributed by atoms with Gasteiger partial charge < -0.3 is 10.0 Å². The summed E-state index contributed by atoms with van der Waals surface area (Å²) < 4.78 is 0. The number of para-hydroxylation sites is 1. The number of aromatic nitrogens is 2. The Morgan fingerprint density at radius 2 is 1.16 bits per heavy atom. The van der Waals surface area contributed by atoms with Crippen LogP contribution in [-0.4, -0.2) is 15.1 Å². The van der Waals surface area contributed by atoms with Crippen molar-refractivity contribution in [1.29, 1.82) is 0 Å². The van der Waals surface area contributed by atoms with Crippen LogP contribution < -0.4 is 4.90 Å². The summed E-state index contributed by atoms with van der Waals surface area (Å²) in [6.07, 6.45) is 2.69. The molecule has 0 spiro atoms. The maximum absolute atomic E-state index is 11.1. The number of phenols is 1. The minimum absolute atomic E-state index is 0. The molecule has 2 aromatic heterocycles. The molecule has 0 unspecified atom stereocenters. The van der Waals surface area contributed by atoms with Gasteiger partial charge in [-0.2, -0.15) is 0 Å². The van der Waals surface area contributed by atoms with Gasteiger partial charge in [0.15, 0.2) is 0 Å². The monoisotopic (exact) mass is 943 g/mol. The molecule has 0 fully saturated rings. The molecule has 5 heteroatoms.